The van der Waals surface area contributed by atoms with Crippen LogP contribution in [0.1, 0.15) is 42.3 Å². The monoisotopic (exact) mass is 430 g/mol. The fraction of sp³-hybridized carbons (Fsp3) is 0.304. The average Bonchev–Trinajstić information content (AvgIpc) is 2.69. The Hall–Kier alpha value is -2.99. The zero-order valence-electron chi connectivity index (χ0n) is 17.8. The van der Waals surface area contributed by atoms with Crippen LogP contribution in [-0.2, 0) is 4.79 Å². The number of amides is 2. The lowest BCUT2D eigenvalue weighted by molar-refractivity contribution is -0.111. The Morgan fingerprint density at radius 3 is 2.57 bits per heavy atom. The van der Waals surface area contributed by atoms with E-state index in [9.17, 15) is 9.59 Å². The van der Waals surface area contributed by atoms with Gasteiger partial charge in [0.15, 0.2) is 11.5 Å². The van der Waals surface area contributed by atoms with Gasteiger partial charge in [0.25, 0.3) is 5.91 Å². The van der Waals surface area contributed by atoms with Gasteiger partial charge in [-0.1, -0.05) is 17.7 Å². The molecule has 7 heteroatoms. The van der Waals surface area contributed by atoms with E-state index in [2.05, 4.69) is 10.6 Å². The van der Waals surface area contributed by atoms with Crippen LogP contribution < -0.4 is 20.1 Å². The molecule has 0 radical (unpaired) electrons. The van der Waals surface area contributed by atoms with Gasteiger partial charge in [0.05, 0.1) is 18.2 Å². The zero-order chi connectivity index (χ0) is 22.3. The molecule has 2 amide bonds. The standard InChI is InChI=1S/C23H27ClN2O4/c1-6-25-23(28)17-9-7-15(4)19(13-17)26-21(27)10-8-16-11-18(24)22(30-14(2)3)20(12-16)29-5/h7-14H,6H2,1-5H3,(H,25,28)(H,26,27). The molecule has 2 N–H and O–H groups in total. The molecule has 2 aromatic carbocycles. The number of rotatable bonds is 8. The number of hydrogen-bond acceptors (Lipinski definition) is 4. The molecule has 0 saturated heterocycles. The third kappa shape index (κ3) is 6.26. The van der Waals surface area contributed by atoms with Crippen molar-refractivity contribution in [3.8, 4) is 11.5 Å². The minimum atomic E-state index is -0.330. The average molecular weight is 431 g/mol. The molecule has 0 spiro atoms. The molecule has 6 nitrogen and oxygen atoms in total. The highest BCUT2D eigenvalue weighted by atomic mass is 35.5. The van der Waals surface area contributed by atoms with Crippen LogP contribution in [0.5, 0.6) is 11.5 Å². The summed E-state index contributed by atoms with van der Waals surface area (Å²) < 4.78 is 11.1. The van der Waals surface area contributed by atoms with Crippen LogP contribution in [0.15, 0.2) is 36.4 Å². The van der Waals surface area contributed by atoms with E-state index in [1.165, 1.54) is 13.2 Å². The second-order valence-electron chi connectivity index (χ2n) is 6.91. The minimum absolute atomic E-state index is 0.0537. The van der Waals surface area contributed by atoms with E-state index in [1.54, 1.807) is 36.4 Å². The summed E-state index contributed by atoms with van der Waals surface area (Å²) in [5.41, 5.74) is 2.60. The highest BCUT2D eigenvalue weighted by Crippen LogP contribution is 2.37. The summed E-state index contributed by atoms with van der Waals surface area (Å²) in [7, 11) is 1.53. The van der Waals surface area contributed by atoms with Crippen LogP contribution in [0.4, 0.5) is 5.69 Å². The first kappa shape index (κ1) is 23.3. The van der Waals surface area contributed by atoms with Crippen molar-refractivity contribution in [1.82, 2.24) is 5.32 Å². The lowest BCUT2D eigenvalue weighted by Gasteiger charge is -2.15. The maximum atomic E-state index is 12.4. The summed E-state index contributed by atoms with van der Waals surface area (Å²) in [4.78, 5) is 24.4. The molecule has 0 bridgehead atoms. The number of halogens is 1. The van der Waals surface area contributed by atoms with Crippen LogP contribution in [0.25, 0.3) is 6.08 Å². The van der Waals surface area contributed by atoms with Crippen LogP contribution >= 0.6 is 11.6 Å². The fourth-order valence-electron chi connectivity index (χ4n) is 2.69. The van der Waals surface area contributed by atoms with Crippen molar-refractivity contribution in [2.75, 3.05) is 19.0 Å². The number of ether oxygens (including phenoxy) is 2. The van der Waals surface area contributed by atoms with Crippen molar-refractivity contribution in [1.29, 1.82) is 0 Å². The Labute approximate surface area is 182 Å². The molecule has 160 valence electrons. The van der Waals surface area contributed by atoms with Crippen LogP contribution in [-0.4, -0.2) is 31.6 Å². The number of aryl methyl sites for hydroxylation is 1. The molecular formula is C23H27ClN2O4. The molecule has 0 aliphatic rings. The first-order valence-corrected chi connectivity index (χ1v) is 10.0. The molecule has 0 aromatic heterocycles. The summed E-state index contributed by atoms with van der Waals surface area (Å²) in [6.07, 6.45) is 2.97. The first-order valence-electron chi connectivity index (χ1n) is 9.67. The van der Waals surface area contributed by atoms with Crippen LogP contribution in [0, 0.1) is 6.92 Å². The summed E-state index contributed by atoms with van der Waals surface area (Å²) in [6, 6.07) is 8.62. The van der Waals surface area contributed by atoms with E-state index < -0.39 is 0 Å². The predicted octanol–water partition coefficient (Wildman–Crippen LogP) is 4.85. The fourth-order valence-corrected chi connectivity index (χ4v) is 2.96. The highest BCUT2D eigenvalue weighted by molar-refractivity contribution is 6.32. The summed E-state index contributed by atoms with van der Waals surface area (Å²) in [6.45, 7) is 8.04. The predicted molar refractivity (Wildman–Crippen MR) is 121 cm³/mol. The molecule has 2 rings (SSSR count). The summed E-state index contributed by atoms with van der Waals surface area (Å²) in [5.74, 6) is 0.438. The number of anilines is 1. The van der Waals surface area contributed by atoms with Gasteiger partial charge >= 0.3 is 0 Å². The van der Waals surface area contributed by atoms with Gasteiger partial charge in [-0.2, -0.15) is 0 Å². The number of benzene rings is 2. The second-order valence-corrected chi connectivity index (χ2v) is 7.32. The van der Waals surface area contributed by atoms with E-state index in [0.29, 0.717) is 39.9 Å². The molecule has 0 aliphatic carbocycles. The van der Waals surface area contributed by atoms with Gasteiger partial charge in [-0.05, 0) is 69.2 Å². The van der Waals surface area contributed by atoms with Crippen molar-refractivity contribution in [3.63, 3.8) is 0 Å². The zero-order valence-corrected chi connectivity index (χ0v) is 18.6. The summed E-state index contributed by atoms with van der Waals surface area (Å²) in [5, 5.41) is 5.94. The van der Waals surface area contributed by atoms with Gasteiger partial charge in [0.2, 0.25) is 5.91 Å². The molecule has 2 aromatic rings. The number of hydrogen-bond donors (Lipinski definition) is 2. The van der Waals surface area contributed by atoms with E-state index in [1.807, 2.05) is 27.7 Å². The van der Waals surface area contributed by atoms with Gasteiger partial charge in [-0.3, -0.25) is 9.59 Å². The number of methoxy groups -OCH3 is 1. The maximum Gasteiger partial charge on any atom is 0.251 e. The Kier molecular flexibility index (Phi) is 8.30. The van der Waals surface area contributed by atoms with Crippen molar-refractivity contribution in [2.45, 2.75) is 33.8 Å². The van der Waals surface area contributed by atoms with Gasteiger partial charge in [0, 0.05) is 23.9 Å². The van der Waals surface area contributed by atoms with Crippen LogP contribution in [0.2, 0.25) is 5.02 Å². The lowest BCUT2D eigenvalue weighted by atomic mass is 10.1. The van der Waals surface area contributed by atoms with Crippen molar-refractivity contribution in [3.05, 3.63) is 58.1 Å². The van der Waals surface area contributed by atoms with Gasteiger partial charge in [-0.25, -0.2) is 0 Å². The quantitative estimate of drug-likeness (QED) is 0.587. The summed E-state index contributed by atoms with van der Waals surface area (Å²) >= 11 is 6.32. The Bertz CT molecular complexity index is 954. The normalized spacial score (nSPS) is 10.9. The Morgan fingerprint density at radius 2 is 1.93 bits per heavy atom. The third-order valence-electron chi connectivity index (χ3n) is 4.13. The largest absolute Gasteiger partial charge is 0.493 e. The van der Waals surface area contributed by atoms with Gasteiger partial charge in [0.1, 0.15) is 0 Å². The van der Waals surface area contributed by atoms with Gasteiger partial charge in [-0.15, -0.1) is 0 Å². The number of nitrogens with one attached hydrogen (secondary N) is 2. The van der Waals surface area contributed by atoms with Crippen molar-refractivity contribution in [2.24, 2.45) is 0 Å². The SMILES string of the molecule is CCNC(=O)c1ccc(C)c(NC(=O)C=Cc2cc(Cl)c(OC(C)C)c(OC)c2)c1. The van der Waals surface area contributed by atoms with Gasteiger partial charge < -0.3 is 20.1 Å². The molecular weight excluding hydrogens is 404 g/mol. The third-order valence-corrected chi connectivity index (χ3v) is 4.41. The highest BCUT2D eigenvalue weighted by Gasteiger charge is 2.13. The van der Waals surface area contributed by atoms with E-state index in [4.69, 9.17) is 21.1 Å². The number of carbonyl (C=O) groups excluding carboxylic acids is 2. The molecule has 30 heavy (non-hydrogen) atoms. The second kappa shape index (κ2) is 10.7. The minimum Gasteiger partial charge on any atom is -0.493 e. The lowest BCUT2D eigenvalue weighted by Crippen LogP contribution is -2.23. The van der Waals surface area contributed by atoms with Crippen molar-refractivity contribution < 1.29 is 19.1 Å². The Morgan fingerprint density at radius 1 is 1.20 bits per heavy atom. The molecule has 0 atom stereocenters. The Balaban J connectivity index is 2.18. The van der Waals surface area contributed by atoms with E-state index in [0.717, 1.165) is 5.56 Å². The van der Waals surface area contributed by atoms with E-state index >= 15 is 0 Å². The smallest absolute Gasteiger partial charge is 0.251 e. The topological polar surface area (TPSA) is 76.7 Å². The molecule has 0 unspecified atom stereocenters. The first-order chi connectivity index (χ1) is 14.2. The van der Waals surface area contributed by atoms with Crippen molar-refractivity contribution >= 4 is 35.2 Å². The maximum absolute atomic E-state index is 12.4. The number of carbonyl (C=O) groups is 2. The molecule has 0 saturated carbocycles. The molecule has 0 heterocycles. The van der Waals surface area contributed by atoms with Crippen LogP contribution in [0.3, 0.4) is 0 Å². The molecule has 0 aliphatic heterocycles. The van der Waals surface area contributed by atoms with E-state index in [-0.39, 0.29) is 17.9 Å². The molecule has 0 fully saturated rings.